The third-order valence-corrected chi connectivity index (χ3v) is 10.8. The quantitative estimate of drug-likeness (QED) is 0.153. The number of fused-ring (bicyclic) bond motifs is 2. The van der Waals surface area contributed by atoms with Crippen molar-refractivity contribution in [2.45, 2.75) is 12.8 Å². The molecule has 0 bridgehead atoms. The first-order valence-electron chi connectivity index (χ1n) is 16.9. The minimum atomic E-state index is -0.257. The molecule has 0 spiro atoms. The van der Waals surface area contributed by atoms with Crippen molar-refractivity contribution in [3.8, 4) is 22.3 Å². The molecular formula is C42H34Cl2F2N6S2. The minimum Gasteiger partial charge on any atom is -0.363 e. The van der Waals surface area contributed by atoms with Crippen LogP contribution in [0.5, 0.6) is 0 Å². The maximum absolute atomic E-state index is 15.5. The average Bonchev–Trinajstić information content (AvgIpc) is 3.82. The Labute approximate surface area is 330 Å². The van der Waals surface area contributed by atoms with Crippen LogP contribution in [0.3, 0.4) is 0 Å². The van der Waals surface area contributed by atoms with Crippen LogP contribution in [0.4, 0.5) is 20.4 Å². The molecule has 4 aromatic carbocycles. The van der Waals surface area contributed by atoms with Crippen LogP contribution in [-0.4, -0.2) is 48.1 Å². The number of pyridine rings is 2. The zero-order chi connectivity index (χ0) is 37.9. The molecule has 272 valence electrons. The van der Waals surface area contributed by atoms with Gasteiger partial charge in [-0.15, -0.1) is 22.7 Å². The molecule has 0 fully saturated rings. The molecule has 12 heteroatoms. The van der Waals surface area contributed by atoms with Gasteiger partial charge in [0.1, 0.15) is 23.3 Å². The molecule has 0 aliphatic rings. The van der Waals surface area contributed by atoms with E-state index in [4.69, 9.17) is 23.2 Å². The summed E-state index contributed by atoms with van der Waals surface area (Å²) in [4.78, 5) is 21.5. The fraction of sp³-hybridized carbons (Fsp3) is 0.143. The fourth-order valence-corrected chi connectivity index (χ4v) is 8.02. The average molecular weight is 796 g/mol. The molecular weight excluding hydrogens is 762 g/mol. The summed E-state index contributed by atoms with van der Waals surface area (Å²) in [6, 6.07) is 26.1. The Morgan fingerprint density at radius 2 is 0.981 bits per heavy atom. The molecule has 54 heavy (non-hydrogen) atoms. The van der Waals surface area contributed by atoms with Gasteiger partial charge in [-0.25, -0.2) is 28.7 Å². The SMILES string of the molecule is CN(C)c1ccc(Cc2cc3scnc3c(-c3cccc(Cl)c3)c2F)cn1.CN(C)c1ccc(Cc2cc3scnc3c(-c3cccc(Cl)c3)c2F)cn1. The molecule has 0 unspecified atom stereocenters. The van der Waals surface area contributed by atoms with Gasteiger partial charge in [0.15, 0.2) is 0 Å². The smallest absolute Gasteiger partial charge is 0.136 e. The molecule has 0 amide bonds. The fourth-order valence-electron chi connectivity index (χ4n) is 6.15. The Morgan fingerprint density at radius 1 is 0.556 bits per heavy atom. The van der Waals surface area contributed by atoms with Gasteiger partial charge >= 0.3 is 0 Å². The number of aromatic nitrogens is 4. The van der Waals surface area contributed by atoms with E-state index in [1.54, 1.807) is 47.7 Å². The van der Waals surface area contributed by atoms with Crippen molar-refractivity contribution in [1.29, 1.82) is 0 Å². The molecule has 0 aliphatic heterocycles. The summed E-state index contributed by atoms with van der Waals surface area (Å²) in [6.07, 6.45) is 4.53. The lowest BCUT2D eigenvalue weighted by Gasteiger charge is -2.13. The Balaban J connectivity index is 0.000000167. The molecule has 0 radical (unpaired) electrons. The third kappa shape index (κ3) is 8.07. The van der Waals surface area contributed by atoms with Gasteiger partial charge in [-0.3, -0.25) is 0 Å². The van der Waals surface area contributed by atoms with E-state index in [-0.39, 0.29) is 11.6 Å². The highest BCUT2D eigenvalue weighted by molar-refractivity contribution is 7.17. The van der Waals surface area contributed by atoms with Gasteiger partial charge in [0.2, 0.25) is 0 Å². The van der Waals surface area contributed by atoms with E-state index in [0.29, 0.717) is 56.2 Å². The summed E-state index contributed by atoms with van der Waals surface area (Å²) in [5.74, 6) is 1.23. The van der Waals surface area contributed by atoms with E-state index in [0.717, 1.165) is 43.3 Å². The van der Waals surface area contributed by atoms with Crippen molar-refractivity contribution in [2.24, 2.45) is 0 Å². The standard InChI is InChI=1S/2C21H17ClFN3S/c2*1-26(2)18-7-6-13(11-24-18)8-15-10-17-21(25-12-27-17)19(20(15)23)14-4-3-5-16(22)9-14/h2*3-7,9-12H,8H2,1-2H3. The van der Waals surface area contributed by atoms with Crippen LogP contribution in [0.2, 0.25) is 10.0 Å². The maximum atomic E-state index is 15.5. The molecule has 8 rings (SSSR count). The highest BCUT2D eigenvalue weighted by Crippen LogP contribution is 2.38. The first kappa shape index (κ1) is 37.3. The minimum absolute atomic E-state index is 0.257. The molecule has 0 saturated carbocycles. The van der Waals surface area contributed by atoms with E-state index in [9.17, 15) is 0 Å². The monoisotopic (exact) mass is 794 g/mol. The highest BCUT2D eigenvalue weighted by atomic mass is 35.5. The summed E-state index contributed by atoms with van der Waals surface area (Å²) < 4.78 is 32.9. The van der Waals surface area contributed by atoms with Gasteiger partial charge in [0, 0.05) is 74.6 Å². The molecule has 0 aliphatic carbocycles. The van der Waals surface area contributed by atoms with Crippen LogP contribution < -0.4 is 9.80 Å². The second-order valence-corrected chi connectivity index (χ2v) is 15.7. The van der Waals surface area contributed by atoms with Gasteiger partial charge in [0.25, 0.3) is 0 Å². The van der Waals surface area contributed by atoms with Gasteiger partial charge in [-0.2, -0.15) is 0 Å². The molecule has 8 aromatic rings. The van der Waals surface area contributed by atoms with Crippen LogP contribution >= 0.6 is 45.9 Å². The molecule has 6 nitrogen and oxygen atoms in total. The van der Waals surface area contributed by atoms with Crippen LogP contribution in [-0.2, 0) is 12.8 Å². The number of thiazole rings is 2. The van der Waals surface area contributed by atoms with Crippen LogP contribution in [0.1, 0.15) is 22.3 Å². The van der Waals surface area contributed by atoms with Gasteiger partial charge in [0.05, 0.1) is 31.5 Å². The Hall–Kier alpha value is -5.00. The van der Waals surface area contributed by atoms with Crippen molar-refractivity contribution in [2.75, 3.05) is 38.0 Å². The summed E-state index contributed by atoms with van der Waals surface area (Å²) >= 11 is 15.3. The second-order valence-electron chi connectivity index (χ2n) is 13.1. The van der Waals surface area contributed by atoms with Crippen LogP contribution in [0.25, 0.3) is 42.7 Å². The summed E-state index contributed by atoms with van der Waals surface area (Å²) in [5, 5.41) is 1.15. The number of halogens is 4. The maximum Gasteiger partial charge on any atom is 0.136 e. The first-order chi connectivity index (χ1) is 26.0. The predicted octanol–water partition coefficient (Wildman–Crippen LogP) is 11.6. The second kappa shape index (κ2) is 16.2. The Morgan fingerprint density at radius 3 is 1.33 bits per heavy atom. The number of benzene rings is 4. The zero-order valence-corrected chi connectivity index (χ0v) is 33.0. The lowest BCUT2D eigenvalue weighted by molar-refractivity contribution is 0.619. The van der Waals surface area contributed by atoms with E-state index in [1.807, 2.05) is 98.7 Å². The van der Waals surface area contributed by atoms with Crippen molar-refractivity contribution in [3.63, 3.8) is 0 Å². The van der Waals surface area contributed by atoms with E-state index in [2.05, 4.69) is 19.9 Å². The summed E-state index contributed by atoms with van der Waals surface area (Å²) in [5.41, 5.74) is 10.5. The molecule has 0 atom stereocenters. The van der Waals surface area contributed by atoms with Crippen molar-refractivity contribution in [3.05, 3.63) is 152 Å². The number of hydrogen-bond acceptors (Lipinski definition) is 8. The lowest BCUT2D eigenvalue weighted by atomic mass is 9.97. The molecule has 4 heterocycles. The molecule has 4 aromatic heterocycles. The van der Waals surface area contributed by atoms with Crippen LogP contribution in [0, 0.1) is 11.6 Å². The van der Waals surface area contributed by atoms with Gasteiger partial charge in [-0.05, 0) is 81.9 Å². The number of nitrogens with zero attached hydrogens (tertiary/aromatic N) is 6. The Kier molecular flexibility index (Phi) is 11.2. The number of rotatable bonds is 8. The first-order valence-corrected chi connectivity index (χ1v) is 19.4. The van der Waals surface area contributed by atoms with E-state index in [1.165, 1.54) is 22.7 Å². The Bertz CT molecular complexity index is 2390. The summed E-state index contributed by atoms with van der Waals surface area (Å²) in [6.45, 7) is 0. The topological polar surface area (TPSA) is 58.0 Å². The van der Waals surface area contributed by atoms with Gasteiger partial charge < -0.3 is 9.80 Å². The van der Waals surface area contributed by atoms with Crippen LogP contribution in [0.15, 0.2) is 108 Å². The number of anilines is 2. The molecule has 0 saturated heterocycles. The normalized spacial score (nSPS) is 11.1. The third-order valence-electron chi connectivity index (χ3n) is 8.83. The predicted molar refractivity (Wildman–Crippen MR) is 223 cm³/mol. The lowest BCUT2D eigenvalue weighted by Crippen LogP contribution is -2.10. The zero-order valence-electron chi connectivity index (χ0n) is 29.8. The summed E-state index contributed by atoms with van der Waals surface area (Å²) in [7, 11) is 7.76. The van der Waals surface area contributed by atoms with Crippen molar-refractivity contribution < 1.29 is 8.78 Å². The van der Waals surface area contributed by atoms with E-state index < -0.39 is 0 Å². The van der Waals surface area contributed by atoms with Crippen molar-refractivity contribution in [1.82, 2.24) is 19.9 Å². The van der Waals surface area contributed by atoms with E-state index >= 15 is 8.78 Å². The highest BCUT2D eigenvalue weighted by Gasteiger charge is 2.20. The largest absolute Gasteiger partial charge is 0.363 e. The van der Waals surface area contributed by atoms with Gasteiger partial charge in [-0.1, -0.05) is 59.6 Å². The molecule has 0 N–H and O–H groups in total. The number of hydrogen-bond donors (Lipinski definition) is 0. The van der Waals surface area contributed by atoms with Crippen molar-refractivity contribution >= 4 is 77.9 Å².